The van der Waals surface area contributed by atoms with E-state index in [4.69, 9.17) is 5.11 Å². The third-order valence-electron chi connectivity index (χ3n) is 4.20. The average molecular weight is 296 g/mol. The van der Waals surface area contributed by atoms with Crippen molar-refractivity contribution in [3.05, 3.63) is 11.9 Å². The molecule has 0 saturated heterocycles. The molecule has 1 saturated carbocycles. The van der Waals surface area contributed by atoms with Gasteiger partial charge in [-0.1, -0.05) is 38.5 Å². The molecule has 1 N–H and O–H groups in total. The first-order valence-corrected chi connectivity index (χ1v) is 8.41. The van der Waals surface area contributed by atoms with Crippen molar-refractivity contribution < 1.29 is 9.90 Å². The summed E-state index contributed by atoms with van der Waals surface area (Å²) in [5.41, 5.74) is 1.22. The van der Waals surface area contributed by atoms with Crippen molar-refractivity contribution in [3.8, 4) is 0 Å². The number of imidazole rings is 1. The molecule has 1 atom stereocenters. The first kappa shape index (κ1) is 15.4. The fraction of sp³-hybridized carbons (Fsp3) is 0.733. The van der Waals surface area contributed by atoms with Gasteiger partial charge in [-0.25, -0.2) is 4.98 Å². The van der Waals surface area contributed by atoms with Crippen LogP contribution in [-0.2, 0) is 4.79 Å². The van der Waals surface area contributed by atoms with Crippen LogP contribution < -0.4 is 0 Å². The van der Waals surface area contributed by atoms with Crippen LogP contribution in [0, 0.1) is 5.92 Å². The molecular formula is C15H24N2O2S. The molecule has 1 aliphatic rings. The van der Waals surface area contributed by atoms with Gasteiger partial charge in [-0.15, -0.1) is 0 Å². The summed E-state index contributed by atoms with van der Waals surface area (Å²) in [7, 11) is 0. The standard InChI is InChI=1S/C15H24N2O2S/c1-10(2)13-8-16-15(20-9-14(18)19)17(13)11(3)12-6-4-5-7-12/h8,10-12H,4-7,9H2,1-3H3,(H,18,19). The van der Waals surface area contributed by atoms with E-state index in [0.29, 0.717) is 17.9 Å². The lowest BCUT2D eigenvalue weighted by Gasteiger charge is -2.25. The Morgan fingerprint density at radius 3 is 2.65 bits per heavy atom. The van der Waals surface area contributed by atoms with E-state index in [2.05, 4.69) is 30.3 Å². The van der Waals surface area contributed by atoms with Crippen LogP contribution in [0.4, 0.5) is 0 Å². The Hall–Kier alpha value is -0.970. The molecule has 0 radical (unpaired) electrons. The number of aliphatic carboxylic acids is 1. The molecule has 1 aromatic rings. The van der Waals surface area contributed by atoms with Crippen LogP contribution in [0.5, 0.6) is 0 Å². The van der Waals surface area contributed by atoms with Gasteiger partial charge < -0.3 is 9.67 Å². The van der Waals surface area contributed by atoms with E-state index in [1.54, 1.807) is 0 Å². The molecule has 2 rings (SSSR count). The number of carboxylic acids is 1. The van der Waals surface area contributed by atoms with Gasteiger partial charge in [0.05, 0.1) is 5.75 Å². The van der Waals surface area contributed by atoms with E-state index < -0.39 is 5.97 Å². The van der Waals surface area contributed by atoms with Crippen LogP contribution in [0.3, 0.4) is 0 Å². The SMILES string of the molecule is CC(C)c1cnc(SCC(=O)O)n1C(C)C1CCCC1. The number of aromatic nitrogens is 2. The average Bonchev–Trinajstić information content (AvgIpc) is 3.04. The van der Waals surface area contributed by atoms with Crippen LogP contribution in [0.15, 0.2) is 11.4 Å². The topological polar surface area (TPSA) is 55.1 Å². The molecule has 1 fully saturated rings. The van der Waals surface area contributed by atoms with Crippen LogP contribution >= 0.6 is 11.8 Å². The highest BCUT2D eigenvalue weighted by molar-refractivity contribution is 7.99. The van der Waals surface area contributed by atoms with E-state index in [9.17, 15) is 4.79 Å². The van der Waals surface area contributed by atoms with Crippen LogP contribution in [0.25, 0.3) is 0 Å². The lowest BCUT2D eigenvalue weighted by atomic mass is 9.98. The Bertz CT molecular complexity index is 464. The summed E-state index contributed by atoms with van der Waals surface area (Å²) < 4.78 is 2.29. The summed E-state index contributed by atoms with van der Waals surface area (Å²) in [4.78, 5) is 15.3. The van der Waals surface area contributed by atoms with Crippen molar-refractivity contribution in [1.29, 1.82) is 0 Å². The Labute approximate surface area is 125 Å². The maximum Gasteiger partial charge on any atom is 0.313 e. The van der Waals surface area contributed by atoms with Crippen molar-refractivity contribution in [2.75, 3.05) is 5.75 Å². The molecule has 0 bridgehead atoms. The van der Waals surface area contributed by atoms with Crippen LogP contribution in [0.2, 0.25) is 0 Å². The monoisotopic (exact) mass is 296 g/mol. The van der Waals surface area contributed by atoms with Crippen molar-refractivity contribution in [1.82, 2.24) is 9.55 Å². The van der Waals surface area contributed by atoms with E-state index in [1.165, 1.54) is 43.1 Å². The van der Waals surface area contributed by atoms with Gasteiger partial charge >= 0.3 is 5.97 Å². The molecule has 1 unspecified atom stereocenters. The van der Waals surface area contributed by atoms with Crippen LogP contribution in [0.1, 0.15) is 64.1 Å². The number of nitrogens with zero attached hydrogens (tertiary/aromatic N) is 2. The smallest absolute Gasteiger partial charge is 0.313 e. The summed E-state index contributed by atoms with van der Waals surface area (Å²) in [5.74, 6) is 0.395. The van der Waals surface area contributed by atoms with Crippen molar-refractivity contribution in [2.45, 2.75) is 63.6 Å². The summed E-state index contributed by atoms with van der Waals surface area (Å²) in [6.07, 6.45) is 7.11. The summed E-state index contributed by atoms with van der Waals surface area (Å²) >= 11 is 1.33. The maximum atomic E-state index is 10.8. The lowest BCUT2D eigenvalue weighted by Crippen LogP contribution is -2.18. The third-order valence-corrected chi connectivity index (χ3v) is 5.15. The predicted molar refractivity (Wildman–Crippen MR) is 81.3 cm³/mol. The highest BCUT2D eigenvalue weighted by Crippen LogP contribution is 2.38. The predicted octanol–water partition coefficient (Wildman–Crippen LogP) is 3.93. The molecule has 1 aliphatic carbocycles. The fourth-order valence-electron chi connectivity index (χ4n) is 3.08. The lowest BCUT2D eigenvalue weighted by molar-refractivity contribution is -0.133. The molecule has 112 valence electrons. The van der Waals surface area contributed by atoms with Crippen molar-refractivity contribution in [2.24, 2.45) is 5.92 Å². The minimum atomic E-state index is -0.788. The Morgan fingerprint density at radius 2 is 2.10 bits per heavy atom. The number of thioether (sulfide) groups is 1. The summed E-state index contributed by atoms with van der Waals surface area (Å²) in [6, 6.07) is 0.411. The second-order valence-electron chi connectivity index (χ2n) is 5.96. The molecular weight excluding hydrogens is 272 g/mol. The first-order valence-electron chi connectivity index (χ1n) is 7.42. The van der Waals surface area contributed by atoms with Gasteiger partial charge in [0, 0.05) is 17.9 Å². The molecule has 20 heavy (non-hydrogen) atoms. The zero-order valence-corrected chi connectivity index (χ0v) is 13.3. The Balaban J connectivity index is 2.25. The van der Waals surface area contributed by atoms with E-state index in [0.717, 1.165) is 5.16 Å². The molecule has 0 aliphatic heterocycles. The van der Waals surface area contributed by atoms with Crippen LogP contribution in [-0.4, -0.2) is 26.4 Å². The Kier molecular flexibility index (Phi) is 5.13. The van der Waals surface area contributed by atoms with E-state index >= 15 is 0 Å². The fourth-order valence-corrected chi connectivity index (χ4v) is 3.87. The van der Waals surface area contributed by atoms with Crippen molar-refractivity contribution in [3.63, 3.8) is 0 Å². The largest absolute Gasteiger partial charge is 0.481 e. The van der Waals surface area contributed by atoms with Crippen molar-refractivity contribution >= 4 is 17.7 Å². The van der Waals surface area contributed by atoms with E-state index in [1.807, 2.05) is 6.20 Å². The number of hydrogen-bond donors (Lipinski definition) is 1. The minimum Gasteiger partial charge on any atom is -0.481 e. The van der Waals surface area contributed by atoms with E-state index in [-0.39, 0.29) is 5.75 Å². The quantitative estimate of drug-likeness (QED) is 0.808. The summed E-state index contributed by atoms with van der Waals surface area (Å²) in [5, 5.41) is 9.73. The Morgan fingerprint density at radius 1 is 1.45 bits per heavy atom. The normalized spacial score (nSPS) is 17.8. The molecule has 1 heterocycles. The molecule has 4 nitrogen and oxygen atoms in total. The van der Waals surface area contributed by atoms with Gasteiger partial charge in [0.1, 0.15) is 0 Å². The molecule has 1 aromatic heterocycles. The first-order chi connectivity index (χ1) is 9.50. The summed E-state index contributed by atoms with van der Waals surface area (Å²) in [6.45, 7) is 6.59. The second kappa shape index (κ2) is 6.66. The minimum absolute atomic E-state index is 0.0753. The maximum absolute atomic E-state index is 10.8. The zero-order chi connectivity index (χ0) is 14.7. The van der Waals surface area contributed by atoms with Gasteiger partial charge in [0.25, 0.3) is 0 Å². The molecule has 5 heteroatoms. The molecule has 0 spiro atoms. The zero-order valence-electron chi connectivity index (χ0n) is 12.5. The number of carboxylic acid groups (broad SMARTS) is 1. The highest BCUT2D eigenvalue weighted by atomic mass is 32.2. The third kappa shape index (κ3) is 3.37. The van der Waals surface area contributed by atoms with Gasteiger partial charge in [-0.3, -0.25) is 4.79 Å². The van der Waals surface area contributed by atoms with Gasteiger partial charge in [0.2, 0.25) is 0 Å². The highest BCUT2D eigenvalue weighted by Gasteiger charge is 2.27. The second-order valence-corrected chi connectivity index (χ2v) is 6.90. The van der Waals surface area contributed by atoms with Gasteiger partial charge in [0.15, 0.2) is 5.16 Å². The van der Waals surface area contributed by atoms with Gasteiger partial charge in [-0.05, 0) is 31.6 Å². The number of hydrogen-bond acceptors (Lipinski definition) is 3. The number of rotatable bonds is 6. The van der Waals surface area contributed by atoms with Gasteiger partial charge in [-0.2, -0.15) is 0 Å². The molecule has 0 amide bonds. The molecule has 0 aromatic carbocycles. The number of carbonyl (C=O) groups is 1.